The Morgan fingerprint density at radius 1 is 1.00 bits per heavy atom. The molecule has 2 rings (SSSR count). The maximum atomic E-state index is 12.4. The number of hydrogen-bond acceptors (Lipinski definition) is 7. The molecule has 1 amide bonds. The molecule has 0 aromatic heterocycles. The van der Waals surface area contributed by atoms with E-state index in [0.29, 0.717) is 22.6 Å². The molecule has 0 aliphatic heterocycles. The summed E-state index contributed by atoms with van der Waals surface area (Å²) < 4.78 is 15.2. The van der Waals surface area contributed by atoms with Crippen molar-refractivity contribution in [2.75, 3.05) is 21.3 Å². The Bertz CT molecular complexity index is 908. The quantitative estimate of drug-likeness (QED) is 0.354. The van der Waals surface area contributed by atoms with Crippen LogP contribution in [0.3, 0.4) is 0 Å². The van der Waals surface area contributed by atoms with Gasteiger partial charge in [0.05, 0.1) is 33.8 Å². The first-order chi connectivity index (χ1) is 13.9. The monoisotopic (exact) mass is 401 g/mol. The average Bonchev–Trinajstić information content (AvgIpc) is 2.73. The molecule has 0 radical (unpaired) electrons. The van der Waals surface area contributed by atoms with Gasteiger partial charge in [0.2, 0.25) is 5.91 Å². The van der Waals surface area contributed by atoms with Gasteiger partial charge in [-0.1, -0.05) is 12.1 Å². The number of benzene rings is 2. The number of nitrogens with one attached hydrogen (secondary N) is 1. The van der Waals surface area contributed by atoms with Crippen LogP contribution in [-0.4, -0.2) is 43.4 Å². The van der Waals surface area contributed by atoms with Gasteiger partial charge in [0.1, 0.15) is 0 Å². The Morgan fingerprint density at radius 3 is 2.34 bits per heavy atom. The number of hydrogen-bond donors (Lipinski definition) is 3. The average molecular weight is 401 g/mol. The van der Waals surface area contributed by atoms with E-state index in [0.717, 1.165) is 0 Å². The fourth-order valence-corrected chi connectivity index (χ4v) is 2.61. The van der Waals surface area contributed by atoms with Crippen molar-refractivity contribution in [3.05, 3.63) is 53.6 Å². The van der Waals surface area contributed by atoms with E-state index < -0.39 is 17.9 Å². The van der Waals surface area contributed by atoms with Gasteiger partial charge in [-0.2, -0.15) is 0 Å². The van der Waals surface area contributed by atoms with Gasteiger partial charge in [-0.05, 0) is 41.5 Å². The smallest absolute Gasteiger partial charge is 0.307 e. The van der Waals surface area contributed by atoms with Crippen LogP contribution in [-0.2, 0) is 14.3 Å². The van der Waals surface area contributed by atoms with E-state index >= 15 is 0 Å². The van der Waals surface area contributed by atoms with Crippen LogP contribution in [0.25, 0.3) is 6.08 Å². The second kappa shape index (κ2) is 10.0. The molecular weight excluding hydrogens is 378 g/mol. The molecule has 0 spiro atoms. The molecule has 154 valence electrons. The maximum Gasteiger partial charge on any atom is 0.307 e. The molecule has 0 saturated heterocycles. The van der Waals surface area contributed by atoms with Crippen molar-refractivity contribution in [1.29, 1.82) is 0 Å². The lowest BCUT2D eigenvalue weighted by Gasteiger charge is -2.19. The minimum Gasteiger partial charge on any atom is -0.504 e. The second-order valence-corrected chi connectivity index (χ2v) is 6.04. The lowest BCUT2D eigenvalue weighted by Crippen LogP contribution is -2.29. The molecule has 3 N–H and O–H groups in total. The predicted octanol–water partition coefficient (Wildman–Crippen LogP) is 2.55. The highest BCUT2D eigenvalue weighted by Gasteiger charge is 2.20. The van der Waals surface area contributed by atoms with Gasteiger partial charge in [-0.3, -0.25) is 9.59 Å². The normalized spacial score (nSPS) is 11.7. The Kier molecular flexibility index (Phi) is 7.47. The molecule has 0 fully saturated rings. The number of amides is 1. The van der Waals surface area contributed by atoms with E-state index in [1.54, 1.807) is 24.3 Å². The number of rotatable bonds is 8. The van der Waals surface area contributed by atoms with Crippen LogP contribution in [0.2, 0.25) is 0 Å². The van der Waals surface area contributed by atoms with Crippen LogP contribution in [0, 0.1) is 0 Å². The summed E-state index contributed by atoms with van der Waals surface area (Å²) in [5, 5.41) is 21.6. The van der Waals surface area contributed by atoms with Crippen molar-refractivity contribution in [2.24, 2.45) is 0 Å². The molecule has 0 aliphatic rings. The number of ether oxygens (including phenoxy) is 3. The number of phenolic OH excluding ortho intramolecular Hbond substituents is 2. The summed E-state index contributed by atoms with van der Waals surface area (Å²) in [6, 6.07) is 8.59. The Hall–Kier alpha value is -3.68. The van der Waals surface area contributed by atoms with Gasteiger partial charge in [0, 0.05) is 6.08 Å². The first-order valence-corrected chi connectivity index (χ1v) is 8.67. The number of phenols is 2. The van der Waals surface area contributed by atoms with Crippen LogP contribution in [0.15, 0.2) is 42.5 Å². The lowest BCUT2D eigenvalue weighted by atomic mass is 10.0. The zero-order valence-corrected chi connectivity index (χ0v) is 16.3. The molecule has 0 bridgehead atoms. The van der Waals surface area contributed by atoms with Crippen molar-refractivity contribution in [2.45, 2.75) is 12.5 Å². The van der Waals surface area contributed by atoms with Crippen molar-refractivity contribution < 1.29 is 34.0 Å². The molecule has 0 saturated carbocycles. The fraction of sp³-hybridized carbons (Fsp3) is 0.238. The van der Waals surface area contributed by atoms with Crippen molar-refractivity contribution in [1.82, 2.24) is 5.32 Å². The zero-order valence-electron chi connectivity index (χ0n) is 16.3. The highest BCUT2D eigenvalue weighted by molar-refractivity contribution is 5.92. The molecule has 2 aromatic carbocycles. The predicted molar refractivity (Wildman–Crippen MR) is 106 cm³/mol. The van der Waals surface area contributed by atoms with E-state index in [1.807, 2.05) is 0 Å². The van der Waals surface area contributed by atoms with Crippen LogP contribution in [0.1, 0.15) is 23.6 Å². The number of aromatic hydroxyl groups is 2. The van der Waals surface area contributed by atoms with E-state index in [1.165, 1.54) is 45.6 Å². The van der Waals surface area contributed by atoms with E-state index in [2.05, 4.69) is 5.32 Å². The summed E-state index contributed by atoms with van der Waals surface area (Å²) in [6.45, 7) is 0. The van der Waals surface area contributed by atoms with E-state index in [4.69, 9.17) is 14.2 Å². The summed E-state index contributed by atoms with van der Waals surface area (Å²) in [7, 11) is 4.27. The Labute approximate surface area is 168 Å². The highest BCUT2D eigenvalue weighted by Crippen LogP contribution is 2.31. The number of esters is 1. The minimum atomic E-state index is -0.660. The molecule has 2 aromatic rings. The summed E-state index contributed by atoms with van der Waals surface area (Å²) in [4.78, 5) is 24.2. The minimum absolute atomic E-state index is 0.0778. The largest absolute Gasteiger partial charge is 0.504 e. The molecule has 29 heavy (non-hydrogen) atoms. The molecular formula is C21H23NO7. The summed E-state index contributed by atoms with van der Waals surface area (Å²) >= 11 is 0. The summed E-state index contributed by atoms with van der Waals surface area (Å²) in [5.41, 5.74) is 1.16. The molecule has 1 atom stereocenters. The number of carbonyl (C=O) groups excluding carboxylic acids is 2. The summed E-state index contributed by atoms with van der Waals surface area (Å²) in [5.74, 6) is -0.505. The maximum absolute atomic E-state index is 12.4. The third-order valence-electron chi connectivity index (χ3n) is 4.15. The molecule has 8 nitrogen and oxygen atoms in total. The van der Waals surface area contributed by atoms with Crippen molar-refractivity contribution in [3.63, 3.8) is 0 Å². The number of methoxy groups -OCH3 is 3. The lowest BCUT2D eigenvalue weighted by molar-refractivity contribution is -0.141. The zero-order chi connectivity index (χ0) is 21.4. The SMILES string of the molecule is COC(=O)CC(NC(=O)/C=C/c1ccc(O)c(O)c1)c1ccc(OC)c(OC)c1. The molecule has 0 aliphatic carbocycles. The Balaban J connectivity index is 2.21. The molecule has 8 heteroatoms. The van der Waals surface area contributed by atoms with E-state index in [9.17, 15) is 19.8 Å². The molecule has 1 unspecified atom stereocenters. The van der Waals surface area contributed by atoms with E-state index in [-0.39, 0.29) is 17.9 Å². The highest BCUT2D eigenvalue weighted by atomic mass is 16.5. The topological polar surface area (TPSA) is 114 Å². The van der Waals surface area contributed by atoms with Gasteiger partial charge < -0.3 is 29.7 Å². The summed E-state index contributed by atoms with van der Waals surface area (Å²) in [6.07, 6.45) is 2.65. The van der Waals surface area contributed by atoms with Crippen molar-refractivity contribution >= 4 is 18.0 Å². The molecule has 0 heterocycles. The fourth-order valence-electron chi connectivity index (χ4n) is 2.61. The third-order valence-corrected chi connectivity index (χ3v) is 4.15. The standard InChI is InChI=1S/C21H23NO7/c1-27-18-8-6-14(11-19(18)28-2)15(12-21(26)29-3)22-20(25)9-5-13-4-7-16(23)17(24)10-13/h4-11,15,23-24H,12H2,1-3H3,(H,22,25)/b9-5+. The first kappa shape index (κ1) is 21.6. The number of carbonyl (C=O) groups is 2. The van der Waals surface area contributed by atoms with Crippen LogP contribution in [0.4, 0.5) is 0 Å². The van der Waals surface area contributed by atoms with Gasteiger partial charge >= 0.3 is 5.97 Å². The van der Waals surface area contributed by atoms with Crippen LogP contribution < -0.4 is 14.8 Å². The van der Waals surface area contributed by atoms with Crippen LogP contribution in [0.5, 0.6) is 23.0 Å². The van der Waals surface area contributed by atoms with Gasteiger partial charge in [-0.25, -0.2) is 0 Å². The third kappa shape index (κ3) is 5.90. The Morgan fingerprint density at radius 2 is 1.72 bits per heavy atom. The van der Waals surface area contributed by atoms with Gasteiger partial charge in [-0.15, -0.1) is 0 Å². The van der Waals surface area contributed by atoms with Crippen molar-refractivity contribution in [3.8, 4) is 23.0 Å². The first-order valence-electron chi connectivity index (χ1n) is 8.67. The second-order valence-electron chi connectivity index (χ2n) is 6.04. The van der Waals surface area contributed by atoms with Gasteiger partial charge in [0.15, 0.2) is 23.0 Å². The van der Waals surface area contributed by atoms with Crippen LogP contribution >= 0.6 is 0 Å². The van der Waals surface area contributed by atoms with Gasteiger partial charge in [0.25, 0.3) is 0 Å².